The van der Waals surface area contributed by atoms with Gasteiger partial charge in [0, 0.05) is 37.6 Å². The smallest absolute Gasteiger partial charge is 0.291 e. The van der Waals surface area contributed by atoms with Crippen LogP contribution < -0.4 is 0 Å². The zero-order chi connectivity index (χ0) is 27.4. The molecule has 0 bridgehead atoms. The summed E-state index contributed by atoms with van der Waals surface area (Å²) in [6.07, 6.45) is 2.83. The molecule has 3 aromatic heterocycles. The molecule has 0 N–H and O–H groups in total. The Morgan fingerprint density at radius 2 is 1.95 bits per heavy atom. The van der Waals surface area contributed by atoms with Crippen LogP contribution >= 0.6 is 23.5 Å². The molecule has 1 fully saturated rings. The summed E-state index contributed by atoms with van der Waals surface area (Å²) in [6, 6.07) is 10.9. The fourth-order valence-corrected chi connectivity index (χ4v) is 6.38. The highest BCUT2D eigenvalue weighted by Crippen LogP contribution is 2.48. The second-order valence-corrected chi connectivity index (χ2v) is 11.2. The molecule has 39 heavy (non-hydrogen) atoms. The van der Waals surface area contributed by atoms with Crippen LogP contribution in [0.1, 0.15) is 33.7 Å². The first-order valence-corrected chi connectivity index (χ1v) is 13.3. The molecule has 1 aliphatic heterocycles. The SMILES string of the molecule is Cn1ccc(SN2CCC3=Cc4c(cnn4-c4ccc(Cl)cc4)CC3(C(=O)c3cc(C(F)(F)F)ccn3)C2)n1. The van der Waals surface area contributed by atoms with Gasteiger partial charge in [-0.25, -0.2) is 8.99 Å². The number of aryl methyl sites for hydroxylation is 1. The zero-order valence-corrected chi connectivity index (χ0v) is 22.3. The van der Waals surface area contributed by atoms with Crippen molar-refractivity contribution in [3.8, 4) is 5.69 Å². The van der Waals surface area contributed by atoms with Crippen LogP contribution in [-0.2, 0) is 19.6 Å². The van der Waals surface area contributed by atoms with E-state index in [1.165, 1.54) is 11.9 Å². The predicted octanol–water partition coefficient (Wildman–Crippen LogP) is 5.89. The number of rotatable bonds is 5. The molecule has 0 spiro atoms. The van der Waals surface area contributed by atoms with Crippen LogP contribution in [0, 0.1) is 5.41 Å². The van der Waals surface area contributed by atoms with Gasteiger partial charge in [-0.05, 0) is 78.9 Å². The Bertz CT molecular complexity index is 1600. The molecule has 1 aromatic carbocycles. The van der Waals surface area contributed by atoms with Gasteiger partial charge in [0.1, 0.15) is 10.7 Å². The van der Waals surface area contributed by atoms with Crippen molar-refractivity contribution in [2.45, 2.75) is 24.0 Å². The molecule has 7 nitrogen and oxygen atoms in total. The summed E-state index contributed by atoms with van der Waals surface area (Å²) in [5.41, 5.74) is 1.15. The number of Topliss-reactive ketones (excluding diaryl/α,β-unsaturated/α-hetero) is 1. The molecule has 0 saturated carbocycles. The monoisotopic (exact) mass is 570 g/mol. The number of piperidine rings is 1. The van der Waals surface area contributed by atoms with E-state index in [1.807, 2.05) is 37.5 Å². The molecule has 2 aliphatic rings. The van der Waals surface area contributed by atoms with Gasteiger partial charge in [0.2, 0.25) is 0 Å². The van der Waals surface area contributed by atoms with Crippen molar-refractivity contribution in [3.63, 3.8) is 0 Å². The first kappa shape index (κ1) is 25.8. The number of hydrogen-bond donors (Lipinski definition) is 0. The van der Waals surface area contributed by atoms with Crippen molar-refractivity contribution < 1.29 is 18.0 Å². The van der Waals surface area contributed by atoms with Gasteiger partial charge in [-0.2, -0.15) is 23.4 Å². The van der Waals surface area contributed by atoms with E-state index in [2.05, 4.69) is 19.5 Å². The lowest BCUT2D eigenvalue weighted by molar-refractivity contribution is -0.137. The summed E-state index contributed by atoms with van der Waals surface area (Å²) >= 11 is 7.50. The molecular weight excluding hydrogens is 549 g/mol. The van der Waals surface area contributed by atoms with Gasteiger partial charge < -0.3 is 0 Å². The molecule has 1 atom stereocenters. The van der Waals surface area contributed by atoms with Gasteiger partial charge in [-0.1, -0.05) is 17.2 Å². The third kappa shape index (κ3) is 4.79. The Labute approximate surface area is 231 Å². The van der Waals surface area contributed by atoms with Crippen molar-refractivity contribution in [1.29, 1.82) is 0 Å². The molecule has 4 heterocycles. The van der Waals surface area contributed by atoms with Crippen LogP contribution in [0.25, 0.3) is 11.8 Å². The number of alkyl halides is 3. The summed E-state index contributed by atoms with van der Waals surface area (Å²) in [5, 5.41) is 10.4. The van der Waals surface area contributed by atoms with Gasteiger partial charge in [0.15, 0.2) is 5.78 Å². The van der Waals surface area contributed by atoms with Gasteiger partial charge in [0.05, 0.1) is 28.6 Å². The van der Waals surface area contributed by atoms with Crippen LogP contribution in [0.5, 0.6) is 0 Å². The Morgan fingerprint density at radius 1 is 1.15 bits per heavy atom. The maximum absolute atomic E-state index is 14.2. The normalized spacial score (nSPS) is 19.4. The van der Waals surface area contributed by atoms with Gasteiger partial charge in [-0.15, -0.1) is 0 Å². The van der Waals surface area contributed by atoms with E-state index in [-0.39, 0.29) is 12.1 Å². The fraction of sp³-hybridized carbons (Fsp3) is 0.259. The average molecular weight is 571 g/mol. The molecule has 12 heteroatoms. The summed E-state index contributed by atoms with van der Waals surface area (Å²) in [5.74, 6) is -0.434. The van der Waals surface area contributed by atoms with Gasteiger partial charge in [0.25, 0.3) is 0 Å². The van der Waals surface area contributed by atoms with Crippen molar-refractivity contribution in [2.75, 3.05) is 13.1 Å². The highest BCUT2D eigenvalue weighted by molar-refractivity contribution is 7.97. The third-order valence-corrected chi connectivity index (χ3v) is 8.35. The highest BCUT2D eigenvalue weighted by Gasteiger charge is 2.50. The van der Waals surface area contributed by atoms with E-state index in [9.17, 15) is 18.0 Å². The average Bonchev–Trinajstić information content (AvgIpc) is 3.52. The summed E-state index contributed by atoms with van der Waals surface area (Å²) in [6.45, 7) is 0.935. The number of carbonyl (C=O) groups is 1. The van der Waals surface area contributed by atoms with Crippen LogP contribution in [0.4, 0.5) is 13.2 Å². The number of benzene rings is 1. The van der Waals surface area contributed by atoms with Crippen molar-refractivity contribution in [2.24, 2.45) is 12.5 Å². The lowest BCUT2D eigenvalue weighted by Crippen LogP contribution is -2.49. The van der Waals surface area contributed by atoms with Crippen LogP contribution in [0.3, 0.4) is 0 Å². The lowest BCUT2D eigenvalue weighted by Gasteiger charge is -2.44. The number of pyridine rings is 1. The minimum absolute atomic E-state index is 0.200. The number of ketones is 1. The van der Waals surface area contributed by atoms with Crippen LogP contribution in [-0.4, -0.2) is 47.7 Å². The molecule has 4 aromatic rings. The van der Waals surface area contributed by atoms with E-state index < -0.39 is 22.9 Å². The number of halogens is 4. The first-order chi connectivity index (χ1) is 18.6. The number of hydrogen-bond acceptors (Lipinski definition) is 6. The lowest BCUT2D eigenvalue weighted by atomic mass is 9.65. The Hall–Kier alpha value is -3.41. The second-order valence-electron chi connectivity index (χ2n) is 9.66. The Kier molecular flexibility index (Phi) is 6.40. The van der Waals surface area contributed by atoms with Crippen molar-refractivity contribution in [3.05, 3.63) is 94.2 Å². The summed E-state index contributed by atoms with van der Waals surface area (Å²) in [7, 11) is 1.83. The minimum atomic E-state index is -4.58. The quantitative estimate of drug-likeness (QED) is 0.220. The number of fused-ring (bicyclic) bond motifs is 2. The molecule has 0 amide bonds. The maximum Gasteiger partial charge on any atom is 0.416 e. The molecular formula is C27H22ClF3N6OS. The second kappa shape index (κ2) is 9.65. The maximum atomic E-state index is 14.2. The topological polar surface area (TPSA) is 68.8 Å². The fourth-order valence-electron chi connectivity index (χ4n) is 5.23. The minimum Gasteiger partial charge on any atom is -0.291 e. The standard InChI is InChI=1S/C27H22ClF3N6OS/c1-35-10-8-24(34-35)39-36-11-7-18-13-23-17(15-33-37(23)21-4-2-20(28)3-5-21)14-26(18,16-36)25(38)22-12-19(6-9-32-22)27(29,30)31/h2-6,8-10,12-13,15H,7,11,14,16H2,1H3. The van der Waals surface area contributed by atoms with Crippen molar-refractivity contribution in [1.82, 2.24) is 28.9 Å². The molecule has 200 valence electrons. The predicted molar refractivity (Wildman–Crippen MR) is 142 cm³/mol. The molecule has 1 aliphatic carbocycles. The van der Waals surface area contributed by atoms with Crippen molar-refractivity contribution >= 4 is 35.4 Å². The molecule has 1 unspecified atom stereocenters. The van der Waals surface area contributed by atoms with E-state index in [0.717, 1.165) is 45.9 Å². The van der Waals surface area contributed by atoms with E-state index in [1.54, 1.807) is 27.7 Å². The van der Waals surface area contributed by atoms with E-state index in [0.29, 0.717) is 24.5 Å². The van der Waals surface area contributed by atoms with Crippen LogP contribution in [0.2, 0.25) is 5.02 Å². The van der Waals surface area contributed by atoms with Gasteiger partial charge in [-0.3, -0.25) is 14.5 Å². The number of nitrogens with zero attached hydrogens (tertiary/aromatic N) is 6. The number of carbonyl (C=O) groups excluding carboxylic acids is 1. The largest absolute Gasteiger partial charge is 0.416 e. The Balaban J connectivity index is 1.42. The first-order valence-electron chi connectivity index (χ1n) is 12.2. The highest BCUT2D eigenvalue weighted by atomic mass is 35.5. The zero-order valence-electron chi connectivity index (χ0n) is 20.7. The van der Waals surface area contributed by atoms with Crippen LogP contribution in [0.15, 0.2) is 71.7 Å². The molecule has 1 saturated heterocycles. The van der Waals surface area contributed by atoms with E-state index in [4.69, 9.17) is 11.6 Å². The van der Waals surface area contributed by atoms with E-state index >= 15 is 0 Å². The molecule has 6 rings (SSSR count). The summed E-state index contributed by atoms with van der Waals surface area (Å²) in [4.78, 5) is 18.3. The third-order valence-electron chi connectivity index (χ3n) is 7.12. The Morgan fingerprint density at radius 3 is 2.67 bits per heavy atom. The number of aromatic nitrogens is 5. The molecule has 0 radical (unpaired) electrons. The van der Waals surface area contributed by atoms with Gasteiger partial charge >= 0.3 is 6.18 Å². The summed E-state index contributed by atoms with van der Waals surface area (Å²) < 4.78 is 46.1.